The summed E-state index contributed by atoms with van der Waals surface area (Å²) >= 11 is 0. The number of carbonyl (C=O) groups excluding carboxylic acids is 1. The first-order chi connectivity index (χ1) is 19.6. The Morgan fingerprint density at radius 2 is 1.68 bits per heavy atom. The first-order valence-corrected chi connectivity index (χ1v) is 16.8. The van der Waals surface area contributed by atoms with Gasteiger partial charge in [-0.1, -0.05) is 81.5 Å². The third-order valence-corrected chi connectivity index (χ3v) is 11.7. The average molecular weight is 581 g/mol. The van der Waals surface area contributed by atoms with E-state index in [2.05, 4.69) is 33.9 Å². The third kappa shape index (κ3) is 9.43. The largest absolute Gasteiger partial charge is 0.543 e. The molecule has 0 spiro atoms. The van der Waals surface area contributed by atoms with E-state index in [0.29, 0.717) is 30.9 Å². The van der Waals surface area contributed by atoms with E-state index in [1.165, 1.54) is 0 Å². The van der Waals surface area contributed by atoms with Crippen molar-refractivity contribution in [2.24, 2.45) is 0 Å². The summed E-state index contributed by atoms with van der Waals surface area (Å²) in [5, 5.41) is -0.0444. The molecule has 0 fully saturated rings. The van der Waals surface area contributed by atoms with Crippen LogP contribution in [0.2, 0.25) is 18.1 Å². The molecule has 2 aromatic carbocycles. The standard InChI is InChI=1S/C33H44O7Si/c1-33(2,3)41(6,7)40-30-16-12-14-26-13-10-8-9-11-15-28(38-24-35-4)29(39-32(34)31(26)30)21-22-37-23-25-17-19-27(36-5)20-18-25/h8-20,28-29H,21-24H2,1-7H3/b9-8+,13-10+,15-11-/t28-,29-/m0/s1. The number of fused-ring (bicyclic) bond motifs is 1. The fourth-order valence-corrected chi connectivity index (χ4v) is 4.94. The molecule has 3 rings (SSSR count). The summed E-state index contributed by atoms with van der Waals surface area (Å²) in [5.74, 6) is 0.854. The third-order valence-electron chi connectivity index (χ3n) is 7.32. The Kier molecular flexibility index (Phi) is 12.0. The number of allylic oxidation sites excluding steroid dienone is 4. The van der Waals surface area contributed by atoms with Crippen LogP contribution in [0.4, 0.5) is 0 Å². The van der Waals surface area contributed by atoms with Crippen LogP contribution in [0.1, 0.15) is 48.7 Å². The lowest BCUT2D eigenvalue weighted by atomic mass is 10.0. The zero-order chi connectivity index (χ0) is 29.9. The molecule has 0 aliphatic carbocycles. The van der Waals surface area contributed by atoms with Crippen LogP contribution in [-0.2, 0) is 25.6 Å². The second-order valence-electron chi connectivity index (χ2n) is 11.4. The van der Waals surface area contributed by atoms with Gasteiger partial charge in [0.15, 0.2) is 0 Å². The fraction of sp³-hybridized carbons (Fsp3) is 0.424. The van der Waals surface area contributed by atoms with E-state index in [1.807, 2.05) is 78.9 Å². The Bertz CT molecular complexity index is 1210. The number of esters is 1. The van der Waals surface area contributed by atoms with Gasteiger partial charge in [-0.15, -0.1) is 0 Å². The molecule has 0 amide bonds. The van der Waals surface area contributed by atoms with Crippen molar-refractivity contribution in [3.63, 3.8) is 0 Å². The van der Waals surface area contributed by atoms with Gasteiger partial charge in [-0.3, -0.25) is 0 Å². The second kappa shape index (κ2) is 15.2. The zero-order valence-electron chi connectivity index (χ0n) is 25.3. The molecule has 41 heavy (non-hydrogen) atoms. The predicted octanol–water partition coefficient (Wildman–Crippen LogP) is 7.34. The highest BCUT2D eigenvalue weighted by molar-refractivity contribution is 6.74. The predicted molar refractivity (Wildman–Crippen MR) is 165 cm³/mol. The maximum Gasteiger partial charge on any atom is 0.342 e. The SMILES string of the molecule is COCO[C@H]1\C=C/C=C/C=C/c2cccc(O[Si](C)(C)C(C)(C)C)c2C(=O)O[C@H]1CCOCc1ccc(OC)cc1. The monoisotopic (exact) mass is 580 g/mol. The van der Waals surface area contributed by atoms with E-state index in [0.717, 1.165) is 16.9 Å². The molecule has 8 heteroatoms. The molecule has 0 saturated carbocycles. The second-order valence-corrected chi connectivity index (χ2v) is 16.1. The van der Waals surface area contributed by atoms with Crippen LogP contribution in [-0.4, -0.2) is 54.1 Å². The molecule has 0 saturated heterocycles. The molecule has 0 N–H and O–H groups in total. The number of cyclic esters (lactones) is 1. The molecular formula is C33H44O7Si. The molecule has 1 aliphatic heterocycles. The summed E-state index contributed by atoms with van der Waals surface area (Å²) in [7, 11) is 0.954. The molecule has 0 unspecified atom stereocenters. The van der Waals surface area contributed by atoms with Crippen molar-refractivity contribution in [2.75, 3.05) is 27.6 Å². The minimum atomic E-state index is -2.24. The van der Waals surface area contributed by atoms with Gasteiger partial charge in [0.05, 0.1) is 20.3 Å². The fourth-order valence-electron chi connectivity index (χ4n) is 3.91. The first kappa shape index (κ1) is 32.3. The lowest BCUT2D eigenvalue weighted by Crippen LogP contribution is -2.44. The molecule has 222 valence electrons. The summed E-state index contributed by atoms with van der Waals surface area (Å²) in [4.78, 5) is 13.9. The summed E-state index contributed by atoms with van der Waals surface area (Å²) in [6.07, 6.45) is 10.6. The number of benzene rings is 2. The van der Waals surface area contributed by atoms with E-state index in [9.17, 15) is 4.79 Å². The molecule has 2 atom stereocenters. The minimum Gasteiger partial charge on any atom is -0.543 e. The maximum absolute atomic E-state index is 13.9. The van der Waals surface area contributed by atoms with Gasteiger partial charge in [0.2, 0.25) is 0 Å². The Hall–Kier alpha value is -3.17. The summed E-state index contributed by atoms with van der Waals surface area (Å²) in [6.45, 7) is 11.7. The van der Waals surface area contributed by atoms with Gasteiger partial charge in [0.1, 0.15) is 36.1 Å². The van der Waals surface area contributed by atoms with Crippen molar-refractivity contribution < 1.29 is 32.9 Å². The molecule has 7 nitrogen and oxygen atoms in total. The molecule has 0 aromatic heterocycles. The number of hydrogen-bond acceptors (Lipinski definition) is 7. The smallest absolute Gasteiger partial charge is 0.342 e. The highest BCUT2D eigenvalue weighted by Crippen LogP contribution is 2.39. The summed E-state index contributed by atoms with van der Waals surface area (Å²) < 4.78 is 35.1. The van der Waals surface area contributed by atoms with Gasteiger partial charge in [-0.05, 0) is 47.5 Å². The maximum atomic E-state index is 13.9. The van der Waals surface area contributed by atoms with E-state index in [4.69, 9.17) is 28.1 Å². The van der Waals surface area contributed by atoms with Crippen molar-refractivity contribution in [1.29, 1.82) is 0 Å². The molecule has 0 bridgehead atoms. The lowest BCUT2D eigenvalue weighted by molar-refractivity contribution is -0.103. The van der Waals surface area contributed by atoms with Gasteiger partial charge in [0, 0.05) is 13.5 Å². The normalized spacial score (nSPS) is 20.1. The summed E-state index contributed by atoms with van der Waals surface area (Å²) in [5.41, 5.74) is 2.15. The van der Waals surface area contributed by atoms with Crippen molar-refractivity contribution >= 4 is 20.4 Å². The van der Waals surface area contributed by atoms with E-state index in [1.54, 1.807) is 14.2 Å². The topological polar surface area (TPSA) is 72.5 Å². The van der Waals surface area contributed by atoms with Crippen LogP contribution >= 0.6 is 0 Å². The molecule has 0 radical (unpaired) electrons. The highest BCUT2D eigenvalue weighted by atomic mass is 28.4. The number of ether oxygens (including phenoxy) is 5. The minimum absolute atomic E-state index is 0.0444. The van der Waals surface area contributed by atoms with Gasteiger partial charge in [0.25, 0.3) is 8.32 Å². The van der Waals surface area contributed by atoms with Crippen molar-refractivity contribution in [3.05, 3.63) is 89.5 Å². The Morgan fingerprint density at radius 1 is 0.951 bits per heavy atom. The van der Waals surface area contributed by atoms with Crippen LogP contribution in [0.15, 0.2) is 72.8 Å². The van der Waals surface area contributed by atoms with Crippen LogP contribution < -0.4 is 9.16 Å². The highest BCUT2D eigenvalue weighted by Gasteiger charge is 2.40. The first-order valence-electron chi connectivity index (χ1n) is 13.9. The van der Waals surface area contributed by atoms with Crippen LogP contribution in [0.5, 0.6) is 11.5 Å². The van der Waals surface area contributed by atoms with Gasteiger partial charge in [-0.25, -0.2) is 4.79 Å². The van der Waals surface area contributed by atoms with Crippen molar-refractivity contribution in [2.45, 2.75) is 64.1 Å². The quantitative estimate of drug-likeness (QED) is 0.119. The van der Waals surface area contributed by atoms with Gasteiger partial charge < -0.3 is 28.1 Å². The van der Waals surface area contributed by atoms with Gasteiger partial charge in [-0.2, -0.15) is 0 Å². The van der Waals surface area contributed by atoms with E-state index in [-0.39, 0.29) is 11.8 Å². The molecule has 1 heterocycles. The zero-order valence-corrected chi connectivity index (χ0v) is 26.3. The number of hydrogen-bond donors (Lipinski definition) is 0. The molecule has 1 aliphatic rings. The number of rotatable bonds is 11. The Balaban J connectivity index is 1.88. The van der Waals surface area contributed by atoms with Gasteiger partial charge >= 0.3 is 5.97 Å². The van der Waals surface area contributed by atoms with Crippen LogP contribution in [0.25, 0.3) is 6.08 Å². The van der Waals surface area contributed by atoms with Crippen LogP contribution in [0, 0.1) is 0 Å². The Morgan fingerprint density at radius 3 is 2.37 bits per heavy atom. The van der Waals surface area contributed by atoms with E-state index >= 15 is 0 Å². The number of carbonyl (C=O) groups is 1. The molecule has 2 aromatic rings. The van der Waals surface area contributed by atoms with Crippen LogP contribution in [0.3, 0.4) is 0 Å². The van der Waals surface area contributed by atoms with E-state index < -0.39 is 26.5 Å². The lowest BCUT2D eigenvalue weighted by Gasteiger charge is -2.37. The number of methoxy groups -OCH3 is 2. The van der Waals surface area contributed by atoms with Crippen molar-refractivity contribution in [3.8, 4) is 11.5 Å². The molecular weight excluding hydrogens is 536 g/mol. The summed E-state index contributed by atoms with van der Waals surface area (Å²) in [6, 6.07) is 13.4. The Labute approximate surface area is 245 Å². The average Bonchev–Trinajstić information content (AvgIpc) is 2.92. The van der Waals surface area contributed by atoms with Crippen molar-refractivity contribution in [1.82, 2.24) is 0 Å².